The van der Waals surface area contributed by atoms with Gasteiger partial charge in [-0.3, -0.25) is 14.7 Å². The first kappa shape index (κ1) is 20.6. The van der Waals surface area contributed by atoms with Gasteiger partial charge in [-0.2, -0.15) is 4.31 Å². The number of halogens is 1. The van der Waals surface area contributed by atoms with Crippen molar-refractivity contribution in [2.75, 3.05) is 26.2 Å². The second-order valence-electron chi connectivity index (χ2n) is 7.37. The van der Waals surface area contributed by atoms with E-state index in [2.05, 4.69) is 9.88 Å². The maximum absolute atomic E-state index is 14.0. The summed E-state index contributed by atoms with van der Waals surface area (Å²) < 4.78 is 41.4. The molecule has 0 amide bonds. The van der Waals surface area contributed by atoms with Crippen LogP contribution >= 0.6 is 0 Å². The van der Waals surface area contributed by atoms with E-state index in [4.69, 9.17) is 0 Å². The van der Waals surface area contributed by atoms with Gasteiger partial charge in [0.25, 0.3) is 0 Å². The van der Waals surface area contributed by atoms with Crippen molar-refractivity contribution >= 4 is 26.7 Å². The molecule has 0 radical (unpaired) electrons. The number of rotatable bonds is 5. The number of hydrogen-bond donors (Lipinski definition) is 0. The number of nitrogens with zero attached hydrogens (tertiary/aromatic N) is 3. The minimum atomic E-state index is -3.66. The van der Waals surface area contributed by atoms with E-state index in [1.165, 1.54) is 29.4 Å². The minimum absolute atomic E-state index is 0.136. The third-order valence-corrected chi connectivity index (χ3v) is 7.30. The summed E-state index contributed by atoms with van der Waals surface area (Å²) in [6, 6.07) is 12.8. The molecule has 8 heteroatoms. The predicted octanol–water partition coefficient (Wildman–Crippen LogP) is 3.08. The lowest BCUT2D eigenvalue weighted by Crippen LogP contribution is -2.48. The smallest absolute Gasteiger partial charge is 0.243 e. The van der Waals surface area contributed by atoms with Crippen LogP contribution in [0.3, 0.4) is 0 Å². The van der Waals surface area contributed by atoms with Gasteiger partial charge in [0.05, 0.1) is 10.4 Å². The lowest BCUT2D eigenvalue weighted by Gasteiger charge is -2.34. The number of piperazine rings is 1. The quantitative estimate of drug-likeness (QED) is 0.586. The zero-order chi connectivity index (χ0) is 21.3. The fraction of sp³-hybridized carbons (Fsp3) is 0.273. The Kier molecular flexibility index (Phi) is 5.64. The lowest BCUT2D eigenvalue weighted by atomic mass is 10.1. The first-order valence-corrected chi connectivity index (χ1v) is 11.2. The number of Topliss-reactive ketones (excluding diaryl/α,β-unsaturated/α-hetero) is 1. The molecule has 6 nitrogen and oxygen atoms in total. The Balaban J connectivity index is 1.47. The van der Waals surface area contributed by atoms with E-state index in [9.17, 15) is 17.6 Å². The average Bonchev–Trinajstić information content (AvgIpc) is 2.76. The highest BCUT2D eigenvalue weighted by atomic mass is 32.2. The van der Waals surface area contributed by atoms with Crippen LogP contribution in [0, 0.1) is 5.82 Å². The van der Waals surface area contributed by atoms with Gasteiger partial charge in [0.1, 0.15) is 5.82 Å². The molecule has 0 unspecified atom stereocenters. The van der Waals surface area contributed by atoms with Crippen LogP contribution in [0.25, 0.3) is 10.9 Å². The molecule has 0 spiro atoms. The van der Waals surface area contributed by atoms with Crippen LogP contribution in [-0.4, -0.2) is 54.6 Å². The van der Waals surface area contributed by atoms with E-state index in [1.807, 2.05) is 0 Å². The molecule has 0 atom stereocenters. The summed E-state index contributed by atoms with van der Waals surface area (Å²) in [6.07, 6.45) is 1.64. The highest BCUT2D eigenvalue weighted by Crippen LogP contribution is 2.23. The Hall–Kier alpha value is -2.68. The average molecular weight is 428 g/mol. The number of aromatic nitrogens is 1. The van der Waals surface area contributed by atoms with Crippen LogP contribution in [0.2, 0.25) is 0 Å². The van der Waals surface area contributed by atoms with E-state index in [-0.39, 0.29) is 16.5 Å². The maximum atomic E-state index is 14.0. The first-order chi connectivity index (χ1) is 14.4. The normalized spacial score (nSPS) is 16.1. The third kappa shape index (κ3) is 3.98. The van der Waals surface area contributed by atoms with Gasteiger partial charge in [0, 0.05) is 49.9 Å². The molecule has 156 valence electrons. The van der Waals surface area contributed by atoms with Gasteiger partial charge in [-0.25, -0.2) is 12.8 Å². The molecule has 1 fully saturated rings. The second kappa shape index (κ2) is 8.22. The number of hydrogen-bond acceptors (Lipinski definition) is 5. The summed E-state index contributed by atoms with van der Waals surface area (Å²) in [5, 5.41) is 0.488. The molecule has 2 aromatic carbocycles. The SMILES string of the molecule is CC(=O)c1cccc(S(=O)(=O)N2CCN(Cc3ccc(F)c4cccnc34)CC2)c1. The van der Waals surface area contributed by atoms with Crippen LogP contribution in [-0.2, 0) is 16.6 Å². The maximum Gasteiger partial charge on any atom is 0.243 e. The molecule has 0 aliphatic carbocycles. The van der Waals surface area contributed by atoms with E-state index >= 15 is 0 Å². The van der Waals surface area contributed by atoms with E-state index < -0.39 is 10.0 Å². The summed E-state index contributed by atoms with van der Waals surface area (Å²) >= 11 is 0. The number of carbonyl (C=O) groups is 1. The van der Waals surface area contributed by atoms with Gasteiger partial charge in [-0.15, -0.1) is 0 Å². The minimum Gasteiger partial charge on any atom is -0.296 e. The number of pyridine rings is 1. The number of ketones is 1. The fourth-order valence-electron chi connectivity index (χ4n) is 3.72. The van der Waals surface area contributed by atoms with E-state index in [1.54, 1.807) is 36.5 Å². The monoisotopic (exact) mass is 427 g/mol. The Labute approximate surface area is 175 Å². The second-order valence-corrected chi connectivity index (χ2v) is 9.31. The standard InChI is InChI=1S/C22H22FN3O3S/c1-16(27)17-4-2-5-19(14-17)30(28,29)26-12-10-25(11-13-26)15-18-7-8-21(23)20-6-3-9-24-22(18)20/h2-9,14H,10-13,15H2,1H3. The van der Waals surface area contributed by atoms with Crippen LogP contribution < -0.4 is 0 Å². The van der Waals surface area contributed by atoms with Gasteiger partial charge < -0.3 is 0 Å². The number of sulfonamides is 1. The Bertz CT molecular complexity index is 1210. The molecule has 4 rings (SSSR count). The van der Waals surface area contributed by atoms with Gasteiger partial charge in [-0.1, -0.05) is 18.2 Å². The molecule has 30 heavy (non-hydrogen) atoms. The third-order valence-electron chi connectivity index (χ3n) is 5.40. The van der Waals surface area contributed by atoms with Gasteiger partial charge in [-0.05, 0) is 42.8 Å². The zero-order valence-corrected chi connectivity index (χ0v) is 17.4. The topological polar surface area (TPSA) is 70.6 Å². The number of carbonyl (C=O) groups excluding carboxylic acids is 1. The van der Waals surface area contributed by atoms with E-state index in [0.29, 0.717) is 49.2 Å². The Morgan fingerprint density at radius 3 is 2.57 bits per heavy atom. The summed E-state index contributed by atoms with van der Waals surface area (Å²) in [5.41, 5.74) is 1.93. The molecule has 0 N–H and O–H groups in total. The van der Waals surface area contributed by atoms with Crippen LogP contribution in [0.1, 0.15) is 22.8 Å². The predicted molar refractivity (Wildman–Crippen MR) is 112 cm³/mol. The van der Waals surface area contributed by atoms with Crippen molar-refractivity contribution in [2.24, 2.45) is 0 Å². The summed E-state index contributed by atoms with van der Waals surface area (Å²) in [4.78, 5) is 18.2. The van der Waals surface area contributed by atoms with E-state index in [0.717, 1.165) is 5.56 Å². The molecule has 1 aliphatic rings. The lowest BCUT2D eigenvalue weighted by molar-refractivity contribution is 0.101. The van der Waals surface area contributed by atoms with Crippen LogP contribution in [0.15, 0.2) is 59.6 Å². The van der Waals surface area contributed by atoms with Gasteiger partial charge in [0.15, 0.2) is 5.78 Å². The summed E-state index contributed by atoms with van der Waals surface area (Å²) in [6.45, 7) is 3.78. The highest BCUT2D eigenvalue weighted by Gasteiger charge is 2.29. The molecule has 0 bridgehead atoms. The van der Waals surface area contributed by atoms with Crippen molar-refractivity contribution in [2.45, 2.75) is 18.4 Å². The summed E-state index contributed by atoms with van der Waals surface area (Å²) in [7, 11) is -3.66. The fourth-order valence-corrected chi connectivity index (χ4v) is 5.19. The highest BCUT2D eigenvalue weighted by molar-refractivity contribution is 7.89. The van der Waals surface area contributed by atoms with Crippen LogP contribution in [0.5, 0.6) is 0 Å². The van der Waals surface area contributed by atoms with Crippen molar-refractivity contribution in [1.29, 1.82) is 0 Å². The number of benzene rings is 2. The molecular formula is C22H22FN3O3S. The zero-order valence-electron chi connectivity index (χ0n) is 16.6. The Morgan fingerprint density at radius 1 is 1.07 bits per heavy atom. The van der Waals surface area contributed by atoms with Crippen LogP contribution in [0.4, 0.5) is 4.39 Å². The molecule has 2 heterocycles. The Morgan fingerprint density at radius 2 is 1.83 bits per heavy atom. The van der Waals surface area contributed by atoms with Crippen molar-refractivity contribution < 1.29 is 17.6 Å². The summed E-state index contributed by atoms with van der Waals surface area (Å²) in [5.74, 6) is -0.470. The van der Waals surface area contributed by atoms with Crippen molar-refractivity contribution in [3.8, 4) is 0 Å². The molecule has 1 saturated heterocycles. The largest absolute Gasteiger partial charge is 0.296 e. The molecule has 0 saturated carbocycles. The molecular weight excluding hydrogens is 405 g/mol. The molecule has 1 aromatic heterocycles. The number of fused-ring (bicyclic) bond motifs is 1. The van der Waals surface area contributed by atoms with Crippen molar-refractivity contribution in [1.82, 2.24) is 14.2 Å². The van der Waals surface area contributed by atoms with Crippen molar-refractivity contribution in [3.05, 3.63) is 71.7 Å². The van der Waals surface area contributed by atoms with Gasteiger partial charge in [0.2, 0.25) is 10.0 Å². The molecule has 3 aromatic rings. The molecule has 1 aliphatic heterocycles. The van der Waals surface area contributed by atoms with Crippen molar-refractivity contribution in [3.63, 3.8) is 0 Å². The first-order valence-electron chi connectivity index (χ1n) is 9.72. The van der Waals surface area contributed by atoms with Gasteiger partial charge >= 0.3 is 0 Å².